The minimum absolute atomic E-state index is 0.497. The Morgan fingerprint density at radius 3 is 2.88 bits per heavy atom. The molecule has 1 aromatic carbocycles. The maximum atomic E-state index is 10.2. The molecular weight excluding hydrogens is 218 g/mol. The van der Waals surface area contributed by atoms with Gasteiger partial charge in [0.2, 0.25) is 0 Å². The monoisotopic (exact) mass is 229 g/mol. The summed E-state index contributed by atoms with van der Waals surface area (Å²) in [7, 11) is 1.73. The molecule has 0 aliphatic heterocycles. The van der Waals surface area contributed by atoms with Crippen LogP contribution in [0.5, 0.6) is 0 Å². The first-order valence-corrected chi connectivity index (χ1v) is 5.27. The molecule has 3 aromatic rings. The van der Waals surface area contributed by atoms with Crippen molar-refractivity contribution < 1.29 is 9.52 Å². The van der Waals surface area contributed by atoms with E-state index in [-0.39, 0.29) is 0 Å². The lowest BCUT2D eigenvalue weighted by Gasteiger charge is -2.06. The number of nitrogens with zero attached hydrogens (tertiary/aromatic N) is 3. The fourth-order valence-corrected chi connectivity index (χ4v) is 1.83. The number of furan rings is 1. The van der Waals surface area contributed by atoms with E-state index in [1.807, 2.05) is 30.3 Å². The van der Waals surface area contributed by atoms with Crippen molar-refractivity contribution >= 4 is 11.0 Å². The Morgan fingerprint density at radius 2 is 2.18 bits per heavy atom. The average molecular weight is 229 g/mol. The van der Waals surface area contributed by atoms with Gasteiger partial charge >= 0.3 is 0 Å². The molecule has 5 nitrogen and oxygen atoms in total. The van der Waals surface area contributed by atoms with Crippen molar-refractivity contribution in [2.24, 2.45) is 7.05 Å². The summed E-state index contributed by atoms with van der Waals surface area (Å²) >= 11 is 0. The minimum atomic E-state index is -0.845. The first-order valence-electron chi connectivity index (χ1n) is 5.27. The van der Waals surface area contributed by atoms with Crippen LogP contribution in [-0.4, -0.2) is 20.1 Å². The van der Waals surface area contributed by atoms with Crippen LogP contribution in [0.2, 0.25) is 0 Å². The van der Waals surface area contributed by atoms with Crippen LogP contribution in [0.3, 0.4) is 0 Å². The number of aryl methyl sites for hydroxylation is 1. The van der Waals surface area contributed by atoms with Crippen molar-refractivity contribution in [3.8, 4) is 0 Å². The zero-order valence-electron chi connectivity index (χ0n) is 9.24. The highest BCUT2D eigenvalue weighted by Crippen LogP contribution is 2.27. The molecule has 86 valence electrons. The van der Waals surface area contributed by atoms with Crippen molar-refractivity contribution in [2.75, 3.05) is 0 Å². The van der Waals surface area contributed by atoms with E-state index in [0.29, 0.717) is 11.5 Å². The lowest BCUT2D eigenvalue weighted by molar-refractivity contribution is 0.183. The van der Waals surface area contributed by atoms with Crippen LogP contribution in [0.1, 0.15) is 17.6 Å². The SMILES string of the molecule is Cn1nncc1C(O)c1cc2ccccc2o1. The van der Waals surface area contributed by atoms with Crippen molar-refractivity contribution in [3.63, 3.8) is 0 Å². The number of rotatable bonds is 2. The lowest BCUT2D eigenvalue weighted by Crippen LogP contribution is -2.05. The zero-order chi connectivity index (χ0) is 11.8. The quantitative estimate of drug-likeness (QED) is 0.725. The van der Waals surface area contributed by atoms with E-state index in [9.17, 15) is 5.11 Å². The Morgan fingerprint density at radius 1 is 1.35 bits per heavy atom. The molecule has 0 bridgehead atoms. The second-order valence-corrected chi connectivity index (χ2v) is 3.87. The summed E-state index contributed by atoms with van der Waals surface area (Å²) in [5.41, 5.74) is 1.36. The Balaban J connectivity index is 2.07. The molecule has 0 saturated heterocycles. The Bertz CT molecular complexity index is 623. The van der Waals surface area contributed by atoms with Gasteiger partial charge in [0.1, 0.15) is 11.3 Å². The molecule has 0 saturated carbocycles. The molecule has 1 N–H and O–H groups in total. The smallest absolute Gasteiger partial charge is 0.155 e. The highest BCUT2D eigenvalue weighted by Gasteiger charge is 2.18. The van der Waals surface area contributed by atoms with Crippen molar-refractivity contribution in [2.45, 2.75) is 6.10 Å². The predicted molar refractivity (Wildman–Crippen MR) is 61.3 cm³/mol. The van der Waals surface area contributed by atoms with Crippen LogP contribution in [0, 0.1) is 0 Å². The first kappa shape index (κ1) is 10.0. The fraction of sp³-hybridized carbons (Fsp3) is 0.167. The van der Waals surface area contributed by atoms with Crippen LogP contribution in [0.25, 0.3) is 11.0 Å². The van der Waals surface area contributed by atoms with Crippen LogP contribution < -0.4 is 0 Å². The van der Waals surface area contributed by atoms with Gasteiger partial charge in [-0.3, -0.25) is 0 Å². The lowest BCUT2D eigenvalue weighted by atomic mass is 10.2. The van der Waals surface area contributed by atoms with Crippen molar-refractivity contribution in [1.29, 1.82) is 0 Å². The molecule has 17 heavy (non-hydrogen) atoms. The molecule has 1 unspecified atom stereocenters. The van der Waals surface area contributed by atoms with Gasteiger partial charge in [-0.2, -0.15) is 0 Å². The van der Waals surface area contributed by atoms with Crippen LogP contribution in [0.4, 0.5) is 0 Å². The van der Waals surface area contributed by atoms with Gasteiger partial charge in [-0.1, -0.05) is 23.4 Å². The van der Waals surface area contributed by atoms with Gasteiger partial charge in [-0.25, -0.2) is 4.68 Å². The topological polar surface area (TPSA) is 64.1 Å². The van der Waals surface area contributed by atoms with E-state index < -0.39 is 6.10 Å². The van der Waals surface area contributed by atoms with Gasteiger partial charge in [0.25, 0.3) is 0 Å². The largest absolute Gasteiger partial charge is 0.458 e. The summed E-state index contributed by atoms with van der Waals surface area (Å²) < 4.78 is 7.12. The van der Waals surface area contributed by atoms with Crippen molar-refractivity contribution in [1.82, 2.24) is 15.0 Å². The number of para-hydroxylation sites is 1. The molecule has 3 rings (SSSR count). The van der Waals surface area contributed by atoms with Crippen molar-refractivity contribution in [3.05, 3.63) is 48.0 Å². The average Bonchev–Trinajstić information content (AvgIpc) is 2.93. The Labute approximate surface area is 97.3 Å². The molecule has 0 spiro atoms. The summed E-state index contributed by atoms with van der Waals surface area (Å²) in [6, 6.07) is 9.46. The third kappa shape index (κ3) is 1.60. The van der Waals surface area contributed by atoms with Crippen LogP contribution >= 0.6 is 0 Å². The summed E-state index contributed by atoms with van der Waals surface area (Å²) in [5.74, 6) is 0.497. The Hall–Kier alpha value is -2.14. The van der Waals surface area contributed by atoms with Gasteiger partial charge in [0.05, 0.1) is 11.9 Å². The molecule has 2 aromatic heterocycles. The molecule has 0 aliphatic carbocycles. The van der Waals surface area contributed by atoms with Gasteiger partial charge in [0, 0.05) is 12.4 Å². The molecule has 5 heteroatoms. The minimum Gasteiger partial charge on any atom is -0.458 e. The molecule has 0 fully saturated rings. The summed E-state index contributed by atoms with van der Waals surface area (Å²) in [4.78, 5) is 0. The number of aliphatic hydroxyl groups excluding tert-OH is 1. The molecule has 1 atom stereocenters. The second-order valence-electron chi connectivity index (χ2n) is 3.87. The Kier molecular flexibility index (Phi) is 2.19. The number of aromatic nitrogens is 3. The fourth-order valence-electron chi connectivity index (χ4n) is 1.83. The first-order chi connectivity index (χ1) is 8.25. The van der Waals surface area contributed by atoms with E-state index in [1.54, 1.807) is 7.05 Å². The standard InChI is InChI=1S/C12H11N3O2/c1-15-9(7-13-14-15)12(16)11-6-8-4-2-3-5-10(8)17-11/h2-7,12,16H,1H3. The molecule has 0 radical (unpaired) electrons. The molecule has 0 aliphatic rings. The number of benzene rings is 1. The predicted octanol–water partition coefficient (Wildman–Crippen LogP) is 1.64. The van der Waals surface area contributed by atoms with Gasteiger partial charge < -0.3 is 9.52 Å². The van der Waals surface area contributed by atoms with E-state index in [4.69, 9.17) is 4.42 Å². The van der Waals surface area contributed by atoms with Gasteiger partial charge in [-0.05, 0) is 12.1 Å². The molecule has 2 heterocycles. The highest BCUT2D eigenvalue weighted by molar-refractivity contribution is 5.77. The van der Waals surface area contributed by atoms with E-state index in [0.717, 1.165) is 11.0 Å². The summed E-state index contributed by atoms with van der Waals surface area (Å²) in [5, 5.41) is 18.7. The van der Waals surface area contributed by atoms with E-state index >= 15 is 0 Å². The van der Waals surface area contributed by atoms with E-state index in [2.05, 4.69) is 10.3 Å². The summed E-state index contributed by atoms with van der Waals surface area (Å²) in [6.45, 7) is 0. The number of fused-ring (bicyclic) bond motifs is 1. The number of aliphatic hydroxyl groups is 1. The second kappa shape index (κ2) is 3.71. The third-order valence-corrected chi connectivity index (χ3v) is 2.74. The summed E-state index contributed by atoms with van der Waals surface area (Å²) in [6.07, 6.45) is 0.681. The molecule has 0 amide bonds. The maximum Gasteiger partial charge on any atom is 0.155 e. The van der Waals surface area contributed by atoms with Gasteiger partial charge in [-0.15, -0.1) is 5.10 Å². The normalized spacial score (nSPS) is 13.1. The maximum absolute atomic E-state index is 10.2. The molecular formula is C12H11N3O2. The number of hydrogen-bond donors (Lipinski definition) is 1. The zero-order valence-corrected chi connectivity index (χ0v) is 9.24. The number of hydrogen-bond acceptors (Lipinski definition) is 4. The van der Waals surface area contributed by atoms with E-state index in [1.165, 1.54) is 10.9 Å². The highest BCUT2D eigenvalue weighted by atomic mass is 16.4. The van der Waals surface area contributed by atoms with Crippen LogP contribution in [-0.2, 0) is 7.05 Å². The van der Waals surface area contributed by atoms with Gasteiger partial charge in [0.15, 0.2) is 6.10 Å². The third-order valence-electron chi connectivity index (χ3n) is 2.74. The van der Waals surface area contributed by atoms with Crippen LogP contribution in [0.15, 0.2) is 40.9 Å².